The fourth-order valence-corrected chi connectivity index (χ4v) is 3.69. The highest BCUT2D eigenvalue weighted by molar-refractivity contribution is 8.00. The van der Waals surface area contributed by atoms with Crippen LogP contribution < -0.4 is 19.5 Å². The molecule has 0 saturated heterocycles. The predicted octanol–water partition coefficient (Wildman–Crippen LogP) is 2.95. The first-order valence-corrected chi connectivity index (χ1v) is 10.4. The Morgan fingerprint density at radius 3 is 2.87 bits per heavy atom. The Labute approximate surface area is 177 Å². The van der Waals surface area contributed by atoms with Crippen LogP contribution in [-0.4, -0.2) is 51.2 Å². The van der Waals surface area contributed by atoms with Crippen molar-refractivity contribution in [2.75, 3.05) is 25.1 Å². The maximum absolute atomic E-state index is 12.7. The molecule has 0 radical (unpaired) electrons. The number of nitrogens with one attached hydrogen (secondary N) is 1. The molecular formula is C20H21N5O4S. The third kappa shape index (κ3) is 4.33. The molecule has 3 aromatic rings. The number of tetrazole rings is 1. The number of hydrogen-bond acceptors (Lipinski definition) is 8. The van der Waals surface area contributed by atoms with Crippen molar-refractivity contribution in [3.8, 4) is 22.9 Å². The van der Waals surface area contributed by atoms with Gasteiger partial charge in [0.05, 0.1) is 11.9 Å². The van der Waals surface area contributed by atoms with Gasteiger partial charge in [-0.2, -0.15) is 4.68 Å². The molecule has 1 unspecified atom stereocenters. The van der Waals surface area contributed by atoms with E-state index >= 15 is 0 Å². The number of aromatic nitrogens is 4. The summed E-state index contributed by atoms with van der Waals surface area (Å²) in [5, 5.41) is 14.9. The van der Waals surface area contributed by atoms with Crippen LogP contribution in [0.15, 0.2) is 47.6 Å². The van der Waals surface area contributed by atoms with E-state index in [-0.39, 0.29) is 5.91 Å². The molecule has 1 aliphatic rings. The van der Waals surface area contributed by atoms with Crippen molar-refractivity contribution >= 4 is 23.4 Å². The molecule has 30 heavy (non-hydrogen) atoms. The molecule has 0 spiro atoms. The van der Waals surface area contributed by atoms with Crippen molar-refractivity contribution in [2.24, 2.45) is 0 Å². The summed E-state index contributed by atoms with van der Waals surface area (Å²) >= 11 is 1.26. The molecule has 9 nitrogen and oxygen atoms in total. The minimum atomic E-state index is -0.442. The lowest BCUT2D eigenvalue weighted by Crippen LogP contribution is -2.23. The second-order valence-electron chi connectivity index (χ2n) is 6.38. The Morgan fingerprint density at radius 2 is 2.03 bits per heavy atom. The summed E-state index contributed by atoms with van der Waals surface area (Å²) in [5.74, 6) is 1.79. The van der Waals surface area contributed by atoms with E-state index in [9.17, 15) is 4.79 Å². The molecule has 2 heterocycles. The Kier molecular flexibility index (Phi) is 6.03. The third-order valence-electron chi connectivity index (χ3n) is 4.30. The summed E-state index contributed by atoms with van der Waals surface area (Å²) < 4.78 is 18.3. The average molecular weight is 427 g/mol. The van der Waals surface area contributed by atoms with E-state index in [1.54, 1.807) is 29.8 Å². The number of fused-ring (bicyclic) bond motifs is 1. The number of rotatable bonds is 7. The van der Waals surface area contributed by atoms with Gasteiger partial charge >= 0.3 is 0 Å². The number of thioether (sulfide) groups is 1. The van der Waals surface area contributed by atoms with Gasteiger partial charge in [0.2, 0.25) is 11.1 Å². The Balaban J connectivity index is 1.47. The Hall–Kier alpha value is -3.27. The van der Waals surface area contributed by atoms with Crippen LogP contribution in [0.4, 0.5) is 5.69 Å². The van der Waals surface area contributed by atoms with Gasteiger partial charge in [0.1, 0.15) is 24.7 Å². The zero-order valence-corrected chi connectivity index (χ0v) is 17.4. The van der Waals surface area contributed by atoms with Crippen molar-refractivity contribution in [1.29, 1.82) is 0 Å². The second-order valence-corrected chi connectivity index (χ2v) is 7.69. The van der Waals surface area contributed by atoms with E-state index in [1.807, 2.05) is 31.2 Å². The number of benzene rings is 2. The molecule has 10 heteroatoms. The van der Waals surface area contributed by atoms with Crippen molar-refractivity contribution in [2.45, 2.75) is 24.3 Å². The van der Waals surface area contributed by atoms with Crippen LogP contribution in [0.25, 0.3) is 5.69 Å². The van der Waals surface area contributed by atoms with Crippen molar-refractivity contribution < 1.29 is 19.0 Å². The van der Waals surface area contributed by atoms with E-state index < -0.39 is 5.25 Å². The highest BCUT2D eigenvalue weighted by Crippen LogP contribution is 2.33. The SMILES string of the molecule is CCOc1ccccc1-n1nnnc1SC(C)C(=O)Nc1ccc2c(c1)OCCO2. The summed E-state index contributed by atoms with van der Waals surface area (Å²) in [6, 6.07) is 12.8. The number of nitrogens with zero attached hydrogens (tertiary/aromatic N) is 4. The Morgan fingerprint density at radius 1 is 1.23 bits per heavy atom. The number of anilines is 1. The largest absolute Gasteiger partial charge is 0.492 e. The van der Waals surface area contributed by atoms with Crippen LogP contribution in [0.3, 0.4) is 0 Å². The van der Waals surface area contributed by atoms with Gasteiger partial charge in [-0.1, -0.05) is 23.9 Å². The van der Waals surface area contributed by atoms with Crippen molar-refractivity contribution in [3.05, 3.63) is 42.5 Å². The average Bonchev–Trinajstić information content (AvgIpc) is 3.22. The number of ether oxygens (including phenoxy) is 3. The molecule has 0 bridgehead atoms. The topological polar surface area (TPSA) is 100 Å². The number of hydrogen-bond donors (Lipinski definition) is 1. The standard InChI is InChI=1S/C20H21N5O4S/c1-3-27-16-7-5-4-6-15(16)25-20(22-23-24-25)30-13(2)19(26)21-14-8-9-17-18(12-14)29-11-10-28-17/h4-9,12-13H,3,10-11H2,1-2H3,(H,21,26). The van der Waals surface area contributed by atoms with Gasteiger partial charge in [0, 0.05) is 11.8 Å². The molecule has 1 aromatic heterocycles. The van der Waals surface area contributed by atoms with E-state index in [0.29, 0.717) is 53.6 Å². The van der Waals surface area contributed by atoms with Gasteiger partial charge < -0.3 is 19.5 Å². The molecule has 0 aliphatic carbocycles. The fourth-order valence-electron chi connectivity index (χ4n) is 2.89. The van der Waals surface area contributed by atoms with Gasteiger partial charge in [-0.25, -0.2) is 0 Å². The van der Waals surface area contributed by atoms with Gasteiger partial charge in [0.15, 0.2) is 11.5 Å². The van der Waals surface area contributed by atoms with Gasteiger partial charge in [0.25, 0.3) is 0 Å². The molecule has 1 amide bonds. The first-order chi connectivity index (χ1) is 14.7. The molecule has 1 aliphatic heterocycles. The smallest absolute Gasteiger partial charge is 0.237 e. The summed E-state index contributed by atoms with van der Waals surface area (Å²) in [6.07, 6.45) is 0. The molecule has 0 saturated carbocycles. The maximum Gasteiger partial charge on any atom is 0.237 e. The minimum Gasteiger partial charge on any atom is -0.492 e. The third-order valence-corrected chi connectivity index (χ3v) is 5.33. The molecule has 0 fully saturated rings. The summed E-state index contributed by atoms with van der Waals surface area (Å²) in [6.45, 7) is 5.24. The molecule has 2 aromatic carbocycles. The molecule has 4 rings (SSSR count). The van der Waals surface area contributed by atoms with Gasteiger partial charge in [-0.05, 0) is 48.5 Å². The second kappa shape index (κ2) is 9.04. The number of carbonyl (C=O) groups excluding carboxylic acids is 1. The van der Waals surface area contributed by atoms with Crippen LogP contribution in [-0.2, 0) is 4.79 Å². The van der Waals surface area contributed by atoms with Crippen LogP contribution in [0, 0.1) is 0 Å². The van der Waals surface area contributed by atoms with Crippen LogP contribution in [0.2, 0.25) is 0 Å². The quantitative estimate of drug-likeness (QED) is 0.575. The lowest BCUT2D eigenvalue weighted by molar-refractivity contribution is -0.115. The maximum atomic E-state index is 12.7. The van der Waals surface area contributed by atoms with Crippen molar-refractivity contribution in [1.82, 2.24) is 20.2 Å². The minimum absolute atomic E-state index is 0.177. The summed E-state index contributed by atoms with van der Waals surface area (Å²) in [5.41, 5.74) is 1.35. The fraction of sp³-hybridized carbons (Fsp3) is 0.300. The normalized spacial score (nSPS) is 13.5. The number of amides is 1. The Bertz CT molecular complexity index is 1040. The summed E-state index contributed by atoms with van der Waals surface area (Å²) in [7, 11) is 0. The van der Waals surface area contributed by atoms with Crippen LogP contribution in [0.5, 0.6) is 17.2 Å². The van der Waals surface area contributed by atoms with Gasteiger partial charge in [-0.3, -0.25) is 4.79 Å². The van der Waals surface area contributed by atoms with E-state index in [1.165, 1.54) is 11.8 Å². The van der Waals surface area contributed by atoms with E-state index in [2.05, 4.69) is 20.8 Å². The van der Waals surface area contributed by atoms with Crippen LogP contribution >= 0.6 is 11.8 Å². The number of para-hydroxylation sites is 2. The highest BCUT2D eigenvalue weighted by atomic mass is 32.2. The lowest BCUT2D eigenvalue weighted by atomic mass is 10.2. The van der Waals surface area contributed by atoms with E-state index in [4.69, 9.17) is 14.2 Å². The molecular weight excluding hydrogens is 406 g/mol. The van der Waals surface area contributed by atoms with Crippen molar-refractivity contribution in [3.63, 3.8) is 0 Å². The number of carbonyl (C=O) groups is 1. The zero-order valence-electron chi connectivity index (χ0n) is 16.6. The van der Waals surface area contributed by atoms with Crippen LogP contribution in [0.1, 0.15) is 13.8 Å². The monoisotopic (exact) mass is 427 g/mol. The molecule has 1 atom stereocenters. The van der Waals surface area contributed by atoms with Gasteiger partial charge in [-0.15, -0.1) is 5.10 Å². The molecule has 1 N–H and O–H groups in total. The first kappa shape index (κ1) is 20.0. The van der Waals surface area contributed by atoms with E-state index in [0.717, 1.165) is 0 Å². The summed E-state index contributed by atoms with van der Waals surface area (Å²) in [4.78, 5) is 12.7. The lowest BCUT2D eigenvalue weighted by Gasteiger charge is -2.19. The highest BCUT2D eigenvalue weighted by Gasteiger charge is 2.21. The first-order valence-electron chi connectivity index (χ1n) is 9.53. The molecule has 156 valence electrons. The predicted molar refractivity (Wildman–Crippen MR) is 112 cm³/mol. The zero-order chi connectivity index (χ0) is 20.9.